The number of benzene rings is 1. The number of thiophene rings is 1. The van der Waals surface area contributed by atoms with Crippen LogP contribution in [0.4, 0.5) is 8.78 Å². The van der Waals surface area contributed by atoms with Crippen LogP contribution in [0, 0.1) is 18.6 Å². The molecule has 1 saturated heterocycles. The van der Waals surface area contributed by atoms with Crippen molar-refractivity contribution in [2.45, 2.75) is 11.8 Å². The second-order valence-corrected chi connectivity index (χ2v) is 9.69. The van der Waals surface area contributed by atoms with Crippen molar-refractivity contribution in [1.29, 1.82) is 0 Å². The number of carbonyl (C=O) groups excluding carboxylic acids is 1. The highest BCUT2D eigenvalue weighted by Gasteiger charge is 2.34. The highest BCUT2D eigenvalue weighted by Crippen LogP contribution is 2.29. The summed E-state index contributed by atoms with van der Waals surface area (Å²) in [6.07, 6.45) is 0. The van der Waals surface area contributed by atoms with E-state index in [1.807, 2.05) is 14.0 Å². The molecule has 11 heteroatoms. The fraction of sp³-hybridized carbons (Fsp3) is 0.333. The van der Waals surface area contributed by atoms with Gasteiger partial charge in [0.05, 0.1) is 10.6 Å². The van der Waals surface area contributed by atoms with E-state index in [0.29, 0.717) is 4.88 Å². The van der Waals surface area contributed by atoms with E-state index in [0.717, 1.165) is 38.4 Å². The van der Waals surface area contributed by atoms with Crippen LogP contribution < -0.4 is 0 Å². The lowest BCUT2D eigenvalue weighted by atomic mass is 10.3. The molecule has 154 valence electrons. The molecule has 3 aromatic rings. The molecule has 29 heavy (non-hydrogen) atoms. The molecule has 1 amide bonds. The van der Waals surface area contributed by atoms with Crippen molar-refractivity contribution in [2.24, 2.45) is 7.05 Å². The van der Waals surface area contributed by atoms with Gasteiger partial charge in [-0.05, 0) is 25.1 Å². The fourth-order valence-corrected chi connectivity index (χ4v) is 6.08. The Balaban J connectivity index is 1.51. The SMILES string of the molecule is Cc1nn(C)c2sc(C(=O)N3CCN(S(=O)(=O)c4c(F)cccc4F)CC3)cc12. The molecule has 0 unspecified atom stereocenters. The third-order valence-electron chi connectivity index (χ3n) is 4.95. The summed E-state index contributed by atoms with van der Waals surface area (Å²) in [5.41, 5.74) is 0.834. The molecule has 0 spiro atoms. The number of rotatable bonds is 3. The lowest BCUT2D eigenvalue weighted by Gasteiger charge is -2.33. The van der Waals surface area contributed by atoms with Crippen LogP contribution in [0.15, 0.2) is 29.2 Å². The highest BCUT2D eigenvalue weighted by atomic mass is 32.2. The quantitative estimate of drug-likeness (QED) is 0.627. The van der Waals surface area contributed by atoms with Gasteiger partial charge in [0.15, 0.2) is 4.90 Å². The molecule has 0 N–H and O–H groups in total. The molecule has 1 aromatic carbocycles. The molecule has 0 bridgehead atoms. The van der Waals surface area contributed by atoms with Crippen molar-refractivity contribution in [3.63, 3.8) is 0 Å². The Bertz CT molecular complexity index is 1160. The van der Waals surface area contributed by atoms with Crippen LogP contribution in [0.2, 0.25) is 0 Å². The van der Waals surface area contributed by atoms with Crippen LogP contribution >= 0.6 is 11.3 Å². The van der Waals surface area contributed by atoms with Crippen LogP contribution in [0.25, 0.3) is 10.2 Å². The number of halogens is 2. The maximum Gasteiger partial charge on any atom is 0.264 e. The molecule has 0 saturated carbocycles. The maximum absolute atomic E-state index is 13.9. The summed E-state index contributed by atoms with van der Waals surface area (Å²) in [5, 5.41) is 5.22. The summed E-state index contributed by atoms with van der Waals surface area (Å²) in [6.45, 7) is 2.08. The van der Waals surface area contributed by atoms with E-state index in [9.17, 15) is 22.0 Å². The number of sulfonamides is 1. The third kappa shape index (κ3) is 3.32. The lowest BCUT2D eigenvalue weighted by Crippen LogP contribution is -2.50. The van der Waals surface area contributed by atoms with Gasteiger partial charge in [0.2, 0.25) is 10.0 Å². The van der Waals surface area contributed by atoms with E-state index in [2.05, 4.69) is 5.10 Å². The maximum atomic E-state index is 13.9. The number of piperazine rings is 1. The molecule has 0 atom stereocenters. The van der Waals surface area contributed by atoms with Crippen LogP contribution in [0.3, 0.4) is 0 Å². The molecule has 1 aliphatic rings. The summed E-state index contributed by atoms with van der Waals surface area (Å²) in [6, 6.07) is 4.73. The van der Waals surface area contributed by atoms with Gasteiger partial charge < -0.3 is 4.90 Å². The summed E-state index contributed by atoms with van der Waals surface area (Å²) >= 11 is 1.33. The lowest BCUT2D eigenvalue weighted by molar-refractivity contribution is 0.0702. The smallest absolute Gasteiger partial charge is 0.264 e. The normalized spacial score (nSPS) is 15.9. The first-order valence-electron chi connectivity index (χ1n) is 8.86. The molecule has 2 aromatic heterocycles. The van der Waals surface area contributed by atoms with Crippen LogP contribution in [-0.2, 0) is 17.1 Å². The molecule has 7 nitrogen and oxygen atoms in total. The zero-order valence-electron chi connectivity index (χ0n) is 15.7. The number of hydrogen-bond donors (Lipinski definition) is 0. The molecular formula is C18H18F2N4O3S2. The predicted octanol–water partition coefficient (Wildman–Crippen LogP) is 2.37. The number of amides is 1. The van der Waals surface area contributed by atoms with Crippen molar-refractivity contribution in [2.75, 3.05) is 26.2 Å². The largest absolute Gasteiger partial charge is 0.335 e. The number of fused-ring (bicyclic) bond motifs is 1. The van der Waals surface area contributed by atoms with Crippen LogP contribution in [0.5, 0.6) is 0 Å². The second-order valence-electron chi connectivity index (χ2n) is 6.79. The molecule has 1 aliphatic heterocycles. The Labute approximate surface area is 170 Å². The van der Waals surface area contributed by atoms with Gasteiger partial charge in [-0.3, -0.25) is 9.48 Å². The van der Waals surface area contributed by atoms with Crippen molar-refractivity contribution in [1.82, 2.24) is 19.0 Å². The van der Waals surface area contributed by atoms with Gasteiger partial charge in [-0.1, -0.05) is 6.07 Å². The van der Waals surface area contributed by atoms with Gasteiger partial charge in [-0.15, -0.1) is 11.3 Å². The van der Waals surface area contributed by atoms with Gasteiger partial charge >= 0.3 is 0 Å². The number of aryl methyl sites for hydroxylation is 2. The van der Waals surface area contributed by atoms with E-state index in [-0.39, 0.29) is 32.1 Å². The van der Waals surface area contributed by atoms with E-state index < -0.39 is 26.6 Å². The molecule has 1 fully saturated rings. The topological polar surface area (TPSA) is 75.5 Å². The first kappa shape index (κ1) is 19.9. The molecular weight excluding hydrogens is 422 g/mol. The Kier molecular flexibility index (Phi) is 4.91. The van der Waals surface area contributed by atoms with Crippen LogP contribution in [-0.4, -0.2) is 59.5 Å². The van der Waals surface area contributed by atoms with Crippen molar-refractivity contribution in [3.05, 3.63) is 46.5 Å². The highest BCUT2D eigenvalue weighted by molar-refractivity contribution is 7.89. The monoisotopic (exact) mass is 440 g/mol. The zero-order valence-corrected chi connectivity index (χ0v) is 17.4. The van der Waals surface area contributed by atoms with Gasteiger partial charge in [0.25, 0.3) is 5.91 Å². The summed E-state index contributed by atoms with van der Waals surface area (Å²) in [7, 11) is -2.51. The Morgan fingerprint density at radius 1 is 1.14 bits per heavy atom. The van der Waals surface area contributed by atoms with E-state index in [4.69, 9.17) is 0 Å². The summed E-state index contributed by atoms with van der Waals surface area (Å²) < 4.78 is 56.0. The minimum absolute atomic E-state index is 0.0344. The summed E-state index contributed by atoms with van der Waals surface area (Å²) in [4.78, 5) is 14.9. The zero-order chi connectivity index (χ0) is 20.9. The van der Waals surface area contributed by atoms with E-state index >= 15 is 0 Å². The van der Waals surface area contributed by atoms with Crippen molar-refractivity contribution >= 4 is 37.5 Å². The first-order chi connectivity index (χ1) is 13.7. The first-order valence-corrected chi connectivity index (χ1v) is 11.1. The number of nitrogens with zero attached hydrogens (tertiary/aromatic N) is 4. The van der Waals surface area contributed by atoms with E-state index in [1.165, 1.54) is 11.3 Å². The average Bonchev–Trinajstić information content (AvgIpc) is 3.22. The molecule has 0 aliphatic carbocycles. The van der Waals surface area contributed by atoms with Gasteiger partial charge in [-0.25, -0.2) is 17.2 Å². The van der Waals surface area contributed by atoms with Crippen molar-refractivity contribution < 1.29 is 22.0 Å². The molecule has 0 radical (unpaired) electrons. The van der Waals surface area contributed by atoms with Gasteiger partial charge in [0.1, 0.15) is 16.5 Å². The standard InChI is InChI=1S/C18H18F2N4O3S2/c1-11-12-10-15(28-18(12)22(2)21-11)17(25)23-6-8-24(9-7-23)29(26,27)16-13(19)4-3-5-14(16)20/h3-5,10H,6-9H2,1-2H3. The second kappa shape index (κ2) is 7.15. The molecule has 4 rings (SSSR count). The Morgan fingerprint density at radius 3 is 2.34 bits per heavy atom. The predicted molar refractivity (Wildman–Crippen MR) is 104 cm³/mol. The summed E-state index contributed by atoms with van der Waals surface area (Å²) in [5.74, 6) is -2.45. The number of hydrogen-bond acceptors (Lipinski definition) is 5. The van der Waals surface area contributed by atoms with Crippen LogP contribution in [0.1, 0.15) is 15.4 Å². The fourth-order valence-electron chi connectivity index (χ4n) is 3.46. The van der Waals surface area contributed by atoms with Crippen molar-refractivity contribution in [3.8, 4) is 0 Å². The Morgan fingerprint density at radius 2 is 1.76 bits per heavy atom. The minimum atomic E-state index is -4.32. The average molecular weight is 440 g/mol. The molecule has 3 heterocycles. The minimum Gasteiger partial charge on any atom is -0.335 e. The van der Waals surface area contributed by atoms with Gasteiger partial charge in [0, 0.05) is 38.6 Å². The Hall–Kier alpha value is -2.37. The third-order valence-corrected chi connectivity index (χ3v) is 8.09. The number of aromatic nitrogens is 2. The van der Waals surface area contributed by atoms with Gasteiger partial charge in [-0.2, -0.15) is 9.40 Å². The van der Waals surface area contributed by atoms with E-state index in [1.54, 1.807) is 15.6 Å². The number of carbonyl (C=O) groups is 1.